The fourth-order valence-electron chi connectivity index (χ4n) is 2.49. The average Bonchev–Trinajstić information content (AvgIpc) is 2.31. The first-order chi connectivity index (χ1) is 9.32. The van der Waals surface area contributed by atoms with Crippen molar-refractivity contribution in [1.29, 1.82) is 0 Å². The van der Waals surface area contributed by atoms with Gasteiger partial charge in [0, 0.05) is 32.2 Å². The van der Waals surface area contributed by atoms with Crippen molar-refractivity contribution in [3.63, 3.8) is 0 Å². The lowest BCUT2D eigenvalue weighted by Gasteiger charge is -2.49. The Balaban J connectivity index is 2.56. The highest BCUT2D eigenvalue weighted by Gasteiger charge is 2.40. The van der Waals surface area contributed by atoms with Crippen molar-refractivity contribution in [2.45, 2.75) is 37.3 Å². The molecule has 0 heterocycles. The number of urea groups is 1. The molecule has 1 saturated carbocycles. The van der Waals surface area contributed by atoms with Gasteiger partial charge in [-0.25, -0.2) is 9.59 Å². The summed E-state index contributed by atoms with van der Waals surface area (Å²) in [6.07, 6.45) is 3.23. The molecular formula is C13H25N3O4. The molecule has 0 aliphatic heterocycles. The maximum Gasteiger partial charge on any atom is 0.326 e. The molecule has 1 fully saturated rings. The molecule has 7 nitrogen and oxygen atoms in total. The number of likely N-dealkylation sites (N-methyl/N-ethyl adjacent to an activating group) is 2. The van der Waals surface area contributed by atoms with Gasteiger partial charge < -0.3 is 25.3 Å². The quantitative estimate of drug-likeness (QED) is 0.610. The standard InChI is InChI=1S/C13H25N3O4/c1-15(2)13(6-4-7-13)9-16(3)12(20)14-10(5-8-17)11(18)19/h10,17H,4-9H2,1-3H3,(H,14,20)(H,18,19)/t10-/m0/s1. The Morgan fingerprint density at radius 3 is 2.25 bits per heavy atom. The Morgan fingerprint density at radius 2 is 1.90 bits per heavy atom. The third-order valence-electron chi connectivity index (χ3n) is 4.12. The summed E-state index contributed by atoms with van der Waals surface area (Å²) in [4.78, 5) is 26.6. The molecule has 1 aliphatic carbocycles. The van der Waals surface area contributed by atoms with Gasteiger partial charge in [0.25, 0.3) is 0 Å². The zero-order chi connectivity index (χ0) is 15.3. The van der Waals surface area contributed by atoms with Crippen molar-refractivity contribution < 1.29 is 19.8 Å². The Bertz CT molecular complexity index is 356. The van der Waals surface area contributed by atoms with E-state index in [1.54, 1.807) is 7.05 Å². The van der Waals surface area contributed by atoms with Gasteiger partial charge in [0.2, 0.25) is 0 Å². The van der Waals surface area contributed by atoms with Crippen LogP contribution in [0.4, 0.5) is 4.79 Å². The third-order valence-corrected chi connectivity index (χ3v) is 4.12. The van der Waals surface area contributed by atoms with E-state index in [9.17, 15) is 9.59 Å². The molecule has 0 radical (unpaired) electrons. The molecule has 0 aromatic carbocycles. The lowest BCUT2D eigenvalue weighted by molar-refractivity contribution is -0.139. The molecule has 0 unspecified atom stereocenters. The Labute approximate surface area is 119 Å². The van der Waals surface area contributed by atoms with Crippen molar-refractivity contribution in [3.05, 3.63) is 0 Å². The van der Waals surface area contributed by atoms with Crippen LogP contribution in [0, 0.1) is 0 Å². The van der Waals surface area contributed by atoms with E-state index in [0.29, 0.717) is 6.54 Å². The molecule has 0 aromatic heterocycles. The minimum Gasteiger partial charge on any atom is -0.480 e. The van der Waals surface area contributed by atoms with Crippen molar-refractivity contribution in [2.75, 3.05) is 34.3 Å². The zero-order valence-electron chi connectivity index (χ0n) is 12.4. The largest absolute Gasteiger partial charge is 0.480 e. The van der Waals surface area contributed by atoms with E-state index < -0.39 is 18.0 Å². The first-order valence-electron chi connectivity index (χ1n) is 6.85. The topological polar surface area (TPSA) is 93.1 Å². The van der Waals surface area contributed by atoms with Gasteiger partial charge in [0.1, 0.15) is 6.04 Å². The number of aliphatic hydroxyl groups is 1. The molecule has 1 aliphatic rings. The number of amides is 2. The van der Waals surface area contributed by atoms with Crippen LogP contribution < -0.4 is 5.32 Å². The average molecular weight is 287 g/mol. The Morgan fingerprint density at radius 1 is 1.30 bits per heavy atom. The van der Waals surface area contributed by atoms with Gasteiger partial charge in [-0.05, 0) is 33.4 Å². The van der Waals surface area contributed by atoms with Crippen LogP contribution in [0.3, 0.4) is 0 Å². The molecule has 1 atom stereocenters. The number of carboxylic acids is 1. The van der Waals surface area contributed by atoms with E-state index in [4.69, 9.17) is 10.2 Å². The summed E-state index contributed by atoms with van der Waals surface area (Å²) in [6, 6.07) is -1.47. The van der Waals surface area contributed by atoms with Gasteiger partial charge in [-0.2, -0.15) is 0 Å². The molecule has 0 aromatic rings. The van der Waals surface area contributed by atoms with Crippen LogP contribution >= 0.6 is 0 Å². The second kappa shape index (κ2) is 6.90. The van der Waals surface area contributed by atoms with Gasteiger partial charge in [-0.3, -0.25) is 0 Å². The Hall–Kier alpha value is -1.34. The molecule has 116 valence electrons. The highest BCUT2D eigenvalue weighted by Crippen LogP contribution is 2.36. The summed E-state index contributed by atoms with van der Waals surface area (Å²) in [7, 11) is 5.66. The van der Waals surface area contributed by atoms with E-state index in [1.807, 2.05) is 14.1 Å². The summed E-state index contributed by atoms with van der Waals surface area (Å²) >= 11 is 0. The Kier molecular flexibility index (Phi) is 5.76. The number of rotatable bonds is 7. The minimum atomic E-state index is -1.13. The van der Waals surface area contributed by atoms with E-state index in [1.165, 1.54) is 4.90 Å². The number of nitrogens with zero attached hydrogens (tertiary/aromatic N) is 2. The highest BCUT2D eigenvalue weighted by molar-refractivity contribution is 5.82. The summed E-state index contributed by atoms with van der Waals surface area (Å²) in [6.45, 7) is 0.292. The highest BCUT2D eigenvalue weighted by atomic mass is 16.4. The van der Waals surface area contributed by atoms with Crippen LogP contribution in [0.25, 0.3) is 0 Å². The number of carbonyl (C=O) groups excluding carboxylic acids is 1. The van der Waals surface area contributed by atoms with Crippen molar-refractivity contribution in [1.82, 2.24) is 15.1 Å². The molecule has 3 N–H and O–H groups in total. The van der Waals surface area contributed by atoms with Gasteiger partial charge in [0.05, 0.1) is 0 Å². The van der Waals surface area contributed by atoms with E-state index >= 15 is 0 Å². The molecule has 7 heteroatoms. The minimum absolute atomic E-state index is 0.00177. The second-order valence-corrected chi connectivity index (χ2v) is 5.68. The molecule has 20 heavy (non-hydrogen) atoms. The fourth-order valence-corrected chi connectivity index (χ4v) is 2.49. The van der Waals surface area contributed by atoms with Crippen LogP contribution in [0.15, 0.2) is 0 Å². The summed E-state index contributed by atoms with van der Waals surface area (Å²) in [5.41, 5.74) is 0.00177. The van der Waals surface area contributed by atoms with Gasteiger partial charge in [0.15, 0.2) is 0 Å². The third kappa shape index (κ3) is 3.83. The fraction of sp³-hybridized carbons (Fsp3) is 0.846. The van der Waals surface area contributed by atoms with Gasteiger partial charge in [-0.1, -0.05) is 0 Å². The predicted octanol–water partition coefficient (Wildman–Crippen LogP) is -0.0523. The number of carboxylic acid groups (broad SMARTS) is 1. The van der Waals surface area contributed by atoms with Gasteiger partial charge >= 0.3 is 12.0 Å². The first-order valence-corrected chi connectivity index (χ1v) is 6.85. The zero-order valence-corrected chi connectivity index (χ0v) is 12.4. The molecular weight excluding hydrogens is 262 g/mol. The van der Waals surface area contributed by atoms with Crippen LogP contribution in [-0.2, 0) is 4.79 Å². The summed E-state index contributed by atoms with van der Waals surface area (Å²) in [5, 5.41) is 20.2. The summed E-state index contributed by atoms with van der Waals surface area (Å²) in [5.74, 6) is -1.13. The smallest absolute Gasteiger partial charge is 0.326 e. The van der Waals surface area contributed by atoms with Crippen LogP contribution in [0.5, 0.6) is 0 Å². The van der Waals surface area contributed by atoms with Crippen molar-refractivity contribution in [2.24, 2.45) is 0 Å². The lowest BCUT2D eigenvalue weighted by Crippen LogP contribution is -2.59. The lowest BCUT2D eigenvalue weighted by atomic mass is 9.75. The van der Waals surface area contributed by atoms with E-state index in [0.717, 1.165) is 19.3 Å². The van der Waals surface area contributed by atoms with E-state index in [-0.39, 0.29) is 18.6 Å². The number of hydrogen-bond acceptors (Lipinski definition) is 4. The van der Waals surface area contributed by atoms with Crippen LogP contribution in [-0.4, -0.2) is 77.9 Å². The monoisotopic (exact) mass is 287 g/mol. The van der Waals surface area contributed by atoms with Crippen molar-refractivity contribution in [3.8, 4) is 0 Å². The van der Waals surface area contributed by atoms with Crippen LogP contribution in [0.1, 0.15) is 25.7 Å². The van der Waals surface area contributed by atoms with E-state index in [2.05, 4.69) is 10.2 Å². The molecule has 0 spiro atoms. The van der Waals surface area contributed by atoms with Crippen molar-refractivity contribution >= 4 is 12.0 Å². The number of aliphatic carboxylic acids is 1. The summed E-state index contributed by atoms with van der Waals surface area (Å²) < 4.78 is 0. The van der Waals surface area contributed by atoms with Crippen LogP contribution in [0.2, 0.25) is 0 Å². The molecule has 1 rings (SSSR count). The maximum atomic E-state index is 12.0. The number of aliphatic hydroxyl groups excluding tert-OH is 1. The number of nitrogens with one attached hydrogen (secondary N) is 1. The second-order valence-electron chi connectivity index (χ2n) is 5.68. The number of carbonyl (C=O) groups is 2. The first kappa shape index (κ1) is 16.7. The van der Waals surface area contributed by atoms with Gasteiger partial charge in [-0.15, -0.1) is 0 Å². The predicted molar refractivity (Wildman–Crippen MR) is 74.6 cm³/mol. The molecule has 2 amide bonds. The maximum absolute atomic E-state index is 12.0. The molecule has 0 saturated heterocycles. The molecule has 0 bridgehead atoms. The number of hydrogen-bond donors (Lipinski definition) is 3. The normalized spacial score (nSPS) is 18.2. The SMILES string of the molecule is CN(CC1(N(C)C)CCC1)C(=O)N[C@@H](CCO)C(=O)O.